The number of methoxy groups -OCH3 is 2. The molecule has 3 N–H and O–H groups in total. The summed E-state index contributed by atoms with van der Waals surface area (Å²) in [6.07, 6.45) is 1.50. The molecule has 4 nitrogen and oxygen atoms in total. The molecule has 0 aliphatic heterocycles. The van der Waals surface area contributed by atoms with Crippen LogP contribution in [0.3, 0.4) is 0 Å². The van der Waals surface area contributed by atoms with Crippen molar-refractivity contribution < 1.29 is 14.6 Å². The first-order valence-corrected chi connectivity index (χ1v) is 6.26. The first kappa shape index (κ1) is 14.8. The number of aliphatic hydroxyl groups is 1. The van der Waals surface area contributed by atoms with Gasteiger partial charge in [-0.2, -0.15) is 0 Å². The van der Waals surface area contributed by atoms with Crippen LogP contribution in [0.5, 0.6) is 11.5 Å². The number of aliphatic hydroxyl groups excluding tert-OH is 1. The van der Waals surface area contributed by atoms with Crippen LogP contribution in [-0.4, -0.2) is 32.0 Å². The van der Waals surface area contributed by atoms with E-state index in [1.165, 1.54) is 0 Å². The summed E-state index contributed by atoms with van der Waals surface area (Å²) >= 11 is 0. The Morgan fingerprint density at radius 3 is 2.50 bits per heavy atom. The van der Waals surface area contributed by atoms with Gasteiger partial charge >= 0.3 is 0 Å². The van der Waals surface area contributed by atoms with Crippen LogP contribution in [0.25, 0.3) is 0 Å². The van der Waals surface area contributed by atoms with Crippen LogP contribution >= 0.6 is 0 Å². The van der Waals surface area contributed by atoms with Gasteiger partial charge in [-0.3, -0.25) is 0 Å². The van der Waals surface area contributed by atoms with Crippen molar-refractivity contribution in [3.05, 3.63) is 23.8 Å². The van der Waals surface area contributed by atoms with E-state index in [9.17, 15) is 5.11 Å². The molecule has 102 valence electrons. The number of hydrogen-bond acceptors (Lipinski definition) is 4. The van der Waals surface area contributed by atoms with E-state index in [4.69, 9.17) is 15.2 Å². The fourth-order valence-corrected chi connectivity index (χ4v) is 2.15. The molecule has 1 aromatic carbocycles. The zero-order valence-electron chi connectivity index (χ0n) is 11.3. The molecule has 0 radical (unpaired) electrons. The minimum Gasteiger partial charge on any atom is -0.497 e. The second-order valence-electron chi connectivity index (χ2n) is 4.30. The molecule has 4 heteroatoms. The third-order valence-corrected chi connectivity index (χ3v) is 3.27. The first-order chi connectivity index (χ1) is 8.67. The summed E-state index contributed by atoms with van der Waals surface area (Å²) in [4.78, 5) is 0. The minimum atomic E-state index is 0.0134. The Labute approximate surface area is 109 Å². The lowest BCUT2D eigenvalue weighted by atomic mass is 9.87. The molecule has 1 aromatic rings. The molecule has 0 bridgehead atoms. The van der Waals surface area contributed by atoms with Gasteiger partial charge in [-0.25, -0.2) is 0 Å². The standard InChI is InChI=1S/C14H23NO3/c1-4-13(15)11(7-8-16)12-6-5-10(17-2)9-14(12)18-3/h5-6,9,11,13,16H,4,7-8,15H2,1-3H3. The van der Waals surface area contributed by atoms with E-state index in [2.05, 4.69) is 0 Å². The van der Waals surface area contributed by atoms with E-state index >= 15 is 0 Å². The third-order valence-electron chi connectivity index (χ3n) is 3.27. The van der Waals surface area contributed by atoms with E-state index in [1.807, 2.05) is 25.1 Å². The molecule has 0 saturated carbocycles. The van der Waals surface area contributed by atoms with Gasteiger partial charge in [0.2, 0.25) is 0 Å². The molecular formula is C14H23NO3. The van der Waals surface area contributed by atoms with Gasteiger partial charge in [-0.05, 0) is 24.5 Å². The zero-order valence-corrected chi connectivity index (χ0v) is 11.3. The van der Waals surface area contributed by atoms with Crippen molar-refractivity contribution in [1.82, 2.24) is 0 Å². The van der Waals surface area contributed by atoms with Crippen molar-refractivity contribution in [2.24, 2.45) is 5.73 Å². The number of benzene rings is 1. The molecule has 2 unspecified atom stereocenters. The van der Waals surface area contributed by atoms with Crippen LogP contribution in [-0.2, 0) is 0 Å². The molecule has 0 spiro atoms. The summed E-state index contributed by atoms with van der Waals surface area (Å²) in [6, 6.07) is 5.72. The van der Waals surface area contributed by atoms with Crippen LogP contribution in [0.2, 0.25) is 0 Å². The Morgan fingerprint density at radius 2 is 2.00 bits per heavy atom. The maximum atomic E-state index is 9.19. The molecule has 1 rings (SSSR count). The summed E-state index contributed by atoms with van der Waals surface area (Å²) in [5.74, 6) is 1.61. The van der Waals surface area contributed by atoms with Gasteiger partial charge in [-0.15, -0.1) is 0 Å². The zero-order chi connectivity index (χ0) is 13.5. The van der Waals surface area contributed by atoms with E-state index < -0.39 is 0 Å². The highest BCUT2D eigenvalue weighted by Crippen LogP contribution is 2.34. The van der Waals surface area contributed by atoms with Gasteiger partial charge in [0, 0.05) is 24.6 Å². The fourth-order valence-electron chi connectivity index (χ4n) is 2.15. The van der Waals surface area contributed by atoms with Crippen molar-refractivity contribution in [1.29, 1.82) is 0 Å². The Kier molecular flexibility index (Phi) is 5.95. The summed E-state index contributed by atoms with van der Waals surface area (Å²) in [7, 11) is 3.25. The molecule has 0 aliphatic carbocycles. The molecule has 2 atom stereocenters. The summed E-state index contributed by atoms with van der Waals surface area (Å²) in [5.41, 5.74) is 7.16. The van der Waals surface area contributed by atoms with Gasteiger partial charge in [0.25, 0.3) is 0 Å². The predicted octanol–water partition coefficient (Wildman–Crippen LogP) is 1.91. The monoisotopic (exact) mass is 253 g/mol. The van der Waals surface area contributed by atoms with Crippen LogP contribution < -0.4 is 15.2 Å². The fraction of sp³-hybridized carbons (Fsp3) is 0.571. The first-order valence-electron chi connectivity index (χ1n) is 6.26. The Bertz CT molecular complexity index is 368. The largest absolute Gasteiger partial charge is 0.497 e. The van der Waals surface area contributed by atoms with E-state index in [-0.39, 0.29) is 18.6 Å². The Balaban J connectivity index is 3.10. The van der Waals surface area contributed by atoms with Gasteiger partial charge in [0.1, 0.15) is 11.5 Å². The van der Waals surface area contributed by atoms with Crippen LogP contribution in [0.15, 0.2) is 18.2 Å². The lowest BCUT2D eigenvalue weighted by Gasteiger charge is -2.24. The summed E-state index contributed by atoms with van der Waals surface area (Å²) in [5, 5.41) is 9.19. The molecule has 0 amide bonds. The number of nitrogens with two attached hydrogens (primary N) is 1. The second kappa shape index (κ2) is 7.24. The SMILES string of the molecule is CCC(N)C(CCO)c1ccc(OC)cc1OC. The highest BCUT2D eigenvalue weighted by Gasteiger charge is 2.21. The molecule has 0 saturated heterocycles. The molecule has 0 aromatic heterocycles. The van der Waals surface area contributed by atoms with Gasteiger partial charge < -0.3 is 20.3 Å². The minimum absolute atomic E-state index is 0.0134. The van der Waals surface area contributed by atoms with Gasteiger partial charge in [0.15, 0.2) is 0 Å². The van der Waals surface area contributed by atoms with E-state index in [1.54, 1.807) is 14.2 Å². The lowest BCUT2D eigenvalue weighted by molar-refractivity contribution is 0.264. The average molecular weight is 253 g/mol. The number of rotatable bonds is 7. The Hall–Kier alpha value is -1.26. The topological polar surface area (TPSA) is 64.7 Å². The molecule has 0 aliphatic rings. The predicted molar refractivity (Wildman–Crippen MR) is 72.3 cm³/mol. The Morgan fingerprint density at radius 1 is 1.28 bits per heavy atom. The van der Waals surface area contributed by atoms with Gasteiger partial charge in [0.05, 0.1) is 14.2 Å². The van der Waals surface area contributed by atoms with Crippen molar-refractivity contribution in [3.63, 3.8) is 0 Å². The average Bonchev–Trinajstić information content (AvgIpc) is 2.43. The van der Waals surface area contributed by atoms with Crippen LogP contribution in [0.4, 0.5) is 0 Å². The van der Waals surface area contributed by atoms with Crippen molar-refractivity contribution >= 4 is 0 Å². The highest BCUT2D eigenvalue weighted by molar-refractivity contribution is 5.43. The third kappa shape index (κ3) is 3.37. The lowest BCUT2D eigenvalue weighted by Crippen LogP contribution is -2.28. The van der Waals surface area contributed by atoms with Crippen molar-refractivity contribution in [3.8, 4) is 11.5 Å². The van der Waals surface area contributed by atoms with Crippen molar-refractivity contribution in [2.45, 2.75) is 31.7 Å². The second-order valence-corrected chi connectivity index (χ2v) is 4.30. The van der Waals surface area contributed by atoms with Crippen LogP contribution in [0, 0.1) is 0 Å². The highest BCUT2D eigenvalue weighted by atomic mass is 16.5. The van der Waals surface area contributed by atoms with Crippen LogP contribution in [0.1, 0.15) is 31.2 Å². The van der Waals surface area contributed by atoms with E-state index in [0.29, 0.717) is 6.42 Å². The molecule has 18 heavy (non-hydrogen) atoms. The number of hydrogen-bond donors (Lipinski definition) is 2. The maximum absolute atomic E-state index is 9.19. The molecule has 0 fully saturated rings. The summed E-state index contributed by atoms with van der Waals surface area (Å²) < 4.78 is 10.6. The number of ether oxygens (including phenoxy) is 2. The van der Waals surface area contributed by atoms with Gasteiger partial charge in [-0.1, -0.05) is 13.0 Å². The van der Waals surface area contributed by atoms with E-state index in [0.717, 1.165) is 23.5 Å². The molecule has 0 heterocycles. The quantitative estimate of drug-likeness (QED) is 0.779. The maximum Gasteiger partial charge on any atom is 0.126 e. The summed E-state index contributed by atoms with van der Waals surface area (Å²) in [6.45, 7) is 2.17. The normalized spacial score (nSPS) is 14.1. The smallest absolute Gasteiger partial charge is 0.126 e. The van der Waals surface area contributed by atoms with Crippen molar-refractivity contribution in [2.75, 3.05) is 20.8 Å². The molecular weight excluding hydrogens is 230 g/mol.